The molecule has 3 rings (SSSR count). The van der Waals surface area contributed by atoms with Crippen LogP contribution in [0.3, 0.4) is 0 Å². The van der Waals surface area contributed by atoms with Crippen LogP contribution in [0.25, 0.3) is 11.1 Å². The van der Waals surface area contributed by atoms with Gasteiger partial charge in [0.2, 0.25) is 5.96 Å². The summed E-state index contributed by atoms with van der Waals surface area (Å²) in [6, 6.07) is 22.0. The first-order valence-corrected chi connectivity index (χ1v) is 8.67. The van der Waals surface area contributed by atoms with Crippen molar-refractivity contribution in [1.82, 2.24) is 0 Å². The molecule has 0 aliphatic carbocycles. The third-order valence-corrected chi connectivity index (χ3v) is 4.02. The van der Waals surface area contributed by atoms with Crippen LogP contribution in [0, 0.1) is 0 Å². The zero-order valence-corrected chi connectivity index (χ0v) is 15.4. The molecule has 3 aromatic carbocycles. The van der Waals surface area contributed by atoms with E-state index in [0.717, 1.165) is 11.1 Å². The van der Waals surface area contributed by atoms with Crippen molar-refractivity contribution in [3.63, 3.8) is 0 Å². The first-order valence-electron chi connectivity index (χ1n) is 8.67. The van der Waals surface area contributed by atoms with Gasteiger partial charge in [-0.1, -0.05) is 54.6 Å². The second kappa shape index (κ2) is 8.57. The number of nitrogens with two attached hydrogens (primary N) is 3. The molecule has 0 spiro atoms. The number of carboxylic acids is 1. The maximum atomic E-state index is 11.8. The van der Waals surface area contributed by atoms with Crippen LogP contribution in [-0.2, 0) is 0 Å². The number of nitrogens with one attached hydrogen (secondary N) is 1. The minimum Gasteiger partial charge on any atom is -0.478 e. The summed E-state index contributed by atoms with van der Waals surface area (Å²) in [5.74, 6) is -1.54. The lowest BCUT2D eigenvalue weighted by Gasteiger charge is -2.16. The highest BCUT2D eigenvalue weighted by molar-refractivity contribution is 6.01. The summed E-state index contributed by atoms with van der Waals surface area (Å²) in [5.41, 5.74) is 19.6. The van der Waals surface area contributed by atoms with E-state index in [-0.39, 0.29) is 28.9 Å². The quantitative estimate of drug-likeness (QED) is 0.335. The van der Waals surface area contributed by atoms with Gasteiger partial charge in [-0.2, -0.15) is 4.99 Å². The third-order valence-electron chi connectivity index (χ3n) is 4.02. The standard InChI is InChI=1S/C21H20N6O2/c22-20(23)27-21(24)26-17-12-6-10-15(19(28)29)18(17)25-16-11-5-4-9-14(16)13-7-2-1-3-8-13/h1-12,25H,(H,28,29)(H6,22,23,24,26,27). The Morgan fingerprint density at radius 3 is 2.24 bits per heavy atom. The number of para-hydroxylation sites is 2. The predicted octanol–water partition coefficient (Wildman–Crippen LogP) is 3.02. The maximum Gasteiger partial charge on any atom is 0.337 e. The monoisotopic (exact) mass is 388 g/mol. The smallest absolute Gasteiger partial charge is 0.337 e. The molecule has 0 atom stereocenters. The fourth-order valence-electron chi connectivity index (χ4n) is 2.82. The minimum absolute atomic E-state index is 0.0339. The van der Waals surface area contributed by atoms with Gasteiger partial charge in [0.05, 0.1) is 16.9 Å². The first kappa shape index (κ1) is 19.4. The highest BCUT2D eigenvalue weighted by Crippen LogP contribution is 2.36. The summed E-state index contributed by atoms with van der Waals surface area (Å²) in [6.45, 7) is 0. The Labute approximate surface area is 167 Å². The summed E-state index contributed by atoms with van der Waals surface area (Å²) in [7, 11) is 0. The molecule has 8 heteroatoms. The molecule has 0 saturated carbocycles. The molecule has 8 N–H and O–H groups in total. The van der Waals surface area contributed by atoms with E-state index in [1.807, 2.05) is 54.6 Å². The molecule has 0 fully saturated rings. The van der Waals surface area contributed by atoms with Crippen molar-refractivity contribution in [1.29, 1.82) is 0 Å². The SMILES string of the molecule is NC(N)=NC(N)=Nc1cccc(C(=O)O)c1Nc1ccccc1-c1ccccc1. The lowest BCUT2D eigenvalue weighted by Crippen LogP contribution is -2.26. The summed E-state index contributed by atoms with van der Waals surface area (Å²) < 4.78 is 0. The number of aliphatic imine (C=N–C) groups is 2. The van der Waals surface area contributed by atoms with Gasteiger partial charge in [0.15, 0.2) is 5.96 Å². The van der Waals surface area contributed by atoms with Crippen LogP contribution < -0.4 is 22.5 Å². The molecule has 0 bridgehead atoms. The molecule has 0 saturated heterocycles. The van der Waals surface area contributed by atoms with Gasteiger partial charge in [-0.05, 0) is 23.8 Å². The average Bonchev–Trinajstić information content (AvgIpc) is 2.69. The van der Waals surface area contributed by atoms with Gasteiger partial charge < -0.3 is 27.6 Å². The number of carbonyl (C=O) groups is 1. The highest BCUT2D eigenvalue weighted by atomic mass is 16.4. The van der Waals surface area contributed by atoms with Crippen LogP contribution in [0.2, 0.25) is 0 Å². The van der Waals surface area contributed by atoms with Crippen LogP contribution >= 0.6 is 0 Å². The Bertz CT molecular complexity index is 1090. The van der Waals surface area contributed by atoms with Gasteiger partial charge in [-0.15, -0.1) is 0 Å². The van der Waals surface area contributed by atoms with Crippen molar-refractivity contribution in [2.75, 3.05) is 5.32 Å². The number of anilines is 2. The molecule has 0 amide bonds. The normalized spacial score (nSPS) is 11.0. The minimum atomic E-state index is -1.11. The van der Waals surface area contributed by atoms with E-state index in [1.165, 1.54) is 6.07 Å². The van der Waals surface area contributed by atoms with Gasteiger partial charge in [-0.25, -0.2) is 9.79 Å². The van der Waals surface area contributed by atoms with Gasteiger partial charge in [0, 0.05) is 11.3 Å². The summed E-state index contributed by atoms with van der Waals surface area (Å²) in [5, 5.41) is 12.8. The van der Waals surface area contributed by atoms with Gasteiger partial charge in [-0.3, -0.25) is 0 Å². The number of carboxylic acid groups (broad SMARTS) is 1. The van der Waals surface area contributed by atoms with E-state index >= 15 is 0 Å². The molecule has 0 heterocycles. The number of hydrogen-bond donors (Lipinski definition) is 5. The lowest BCUT2D eigenvalue weighted by atomic mass is 10.0. The van der Waals surface area contributed by atoms with Crippen LogP contribution in [0.4, 0.5) is 17.1 Å². The fraction of sp³-hybridized carbons (Fsp3) is 0. The molecule has 0 radical (unpaired) electrons. The molecular weight excluding hydrogens is 368 g/mol. The van der Waals surface area contributed by atoms with Crippen molar-refractivity contribution in [2.24, 2.45) is 27.2 Å². The van der Waals surface area contributed by atoms with E-state index < -0.39 is 5.97 Å². The second-order valence-corrected chi connectivity index (χ2v) is 6.05. The Hall–Kier alpha value is -4.33. The van der Waals surface area contributed by atoms with Crippen molar-refractivity contribution < 1.29 is 9.90 Å². The number of nitrogens with zero attached hydrogens (tertiary/aromatic N) is 2. The van der Waals surface area contributed by atoms with E-state index in [2.05, 4.69) is 15.3 Å². The maximum absolute atomic E-state index is 11.8. The van der Waals surface area contributed by atoms with Crippen LogP contribution in [0.15, 0.2) is 82.8 Å². The number of benzene rings is 3. The number of hydrogen-bond acceptors (Lipinski definition) is 3. The second-order valence-electron chi connectivity index (χ2n) is 6.05. The number of aromatic carboxylic acids is 1. The molecule has 146 valence electrons. The van der Waals surface area contributed by atoms with Crippen LogP contribution in [-0.4, -0.2) is 23.0 Å². The molecule has 0 aliphatic rings. The Kier molecular flexibility index (Phi) is 5.74. The Balaban J connectivity index is 2.13. The zero-order chi connectivity index (χ0) is 20.8. The van der Waals surface area contributed by atoms with Crippen LogP contribution in [0.1, 0.15) is 10.4 Å². The highest BCUT2D eigenvalue weighted by Gasteiger charge is 2.16. The van der Waals surface area contributed by atoms with Gasteiger partial charge in [0.1, 0.15) is 0 Å². The van der Waals surface area contributed by atoms with Gasteiger partial charge >= 0.3 is 5.97 Å². The van der Waals surface area contributed by atoms with Crippen LogP contribution in [0.5, 0.6) is 0 Å². The Morgan fingerprint density at radius 2 is 1.55 bits per heavy atom. The van der Waals surface area contributed by atoms with Crippen molar-refractivity contribution >= 4 is 35.0 Å². The topological polar surface area (TPSA) is 152 Å². The van der Waals surface area contributed by atoms with E-state index in [0.29, 0.717) is 5.69 Å². The van der Waals surface area contributed by atoms with Gasteiger partial charge in [0.25, 0.3) is 0 Å². The summed E-state index contributed by atoms with van der Waals surface area (Å²) in [4.78, 5) is 19.6. The largest absolute Gasteiger partial charge is 0.478 e. The number of rotatable bonds is 5. The fourth-order valence-corrected chi connectivity index (χ4v) is 2.82. The lowest BCUT2D eigenvalue weighted by molar-refractivity contribution is 0.0698. The molecule has 3 aromatic rings. The third kappa shape index (κ3) is 4.69. The molecule has 0 aromatic heterocycles. The first-order chi connectivity index (χ1) is 14.0. The molecule has 0 unspecified atom stereocenters. The summed E-state index contributed by atoms with van der Waals surface area (Å²) in [6.07, 6.45) is 0. The van der Waals surface area contributed by atoms with E-state index in [1.54, 1.807) is 12.1 Å². The number of guanidine groups is 2. The molecule has 29 heavy (non-hydrogen) atoms. The van der Waals surface area contributed by atoms with Crippen molar-refractivity contribution in [2.45, 2.75) is 0 Å². The van der Waals surface area contributed by atoms with E-state index in [4.69, 9.17) is 17.2 Å². The molecule has 0 aliphatic heterocycles. The molecule has 8 nitrogen and oxygen atoms in total. The van der Waals surface area contributed by atoms with Crippen molar-refractivity contribution in [3.05, 3.63) is 78.4 Å². The Morgan fingerprint density at radius 1 is 0.862 bits per heavy atom. The van der Waals surface area contributed by atoms with Crippen molar-refractivity contribution in [3.8, 4) is 11.1 Å². The van der Waals surface area contributed by atoms with E-state index in [9.17, 15) is 9.90 Å². The zero-order valence-electron chi connectivity index (χ0n) is 15.4. The predicted molar refractivity (Wildman–Crippen MR) is 116 cm³/mol. The molecular formula is C21H20N6O2. The summed E-state index contributed by atoms with van der Waals surface area (Å²) >= 11 is 0. The average molecular weight is 388 g/mol.